The number of piperidine rings is 1. The molecule has 1 fully saturated rings. The summed E-state index contributed by atoms with van der Waals surface area (Å²) in [6, 6.07) is 11.0. The smallest absolute Gasteiger partial charge is 0.0453 e. The van der Waals surface area contributed by atoms with E-state index in [2.05, 4.69) is 35.7 Å². The Labute approximate surface area is 104 Å². The van der Waals surface area contributed by atoms with E-state index in [1.807, 2.05) is 12.1 Å². The van der Waals surface area contributed by atoms with Gasteiger partial charge >= 0.3 is 0 Å². The number of nitrogens with zero attached hydrogens (tertiary/aromatic N) is 1. The van der Waals surface area contributed by atoms with Gasteiger partial charge in [0, 0.05) is 18.6 Å². The predicted octanol–water partition coefficient (Wildman–Crippen LogP) is 2.73. The Morgan fingerprint density at radius 1 is 1.35 bits per heavy atom. The standard InChI is InChI=1S/C15H22N2/c1-2-11-17-12-7-6-10-14(17)15(16)13-8-4-3-5-9-13/h2-5,8-9,14-15H,1,6-7,10-12,16H2/t14-,15-/m0/s1. The summed E-state index contributed by atoms with van der Waals surface area (Å²) in [5.74, 6) is 0. The van der Waals surface area contributed by atoms with E-state index in [-0.39, 0.29) is 6.04 Å². The van der Waals surface area contributed by atoms with Crippen LogP contribution in [0.5, 0.6) is 0 Å². The van der Waals surface area contributed by atoms with Gasteiger partial charge in [-0.3, -0.25) is 4.90 Å². The Hall–Kier alpha value is -1.12. The molecule has 17 heavy (non-hydrogen) atoms. The molecule has 2 atom stereocenters. The van der Waals surface area contributed by atoms with Gasteiger partial charge in [-0.2, -0.15) is 0 Å². The lowest BCUT2D eigenvalue weighted by molar-refractivity contribution is 0.141. The van der Waals surface area contributed by atoms with Crippen molar-refractivity contribution in [1.29, 1.82) is 0 Å². The van der Waals surface area contributed by atoms with Crippen molar-refractivity contribution >= 4 is 0 Å². The zero-order valence-electron chi connectivity index (χ0n) is 10.4. The highest BCUT2D eigenvalue weighted by atomic mass is 15.2. The molecule has 0 radical (unpaired) electrons. The molecule has 1 aliphatic rings. The van der Waals surface area contributed by atoms with Crippen molar-refractivity contribution in [2.75, 3.05) is 13.1 Å². The van der Waals surface area contributed by atoms with E-state index in [1.54, 1.807) is 0 Å². The van der Waals surface area contributed by atoms with Crippen molar-refractivity contribution in [2.24, 2.45) is 5.73 Å². The molecule has 1 aromatic carbocycles. The van der Waals surface area contributed by atoms with Gasteiger partial charge < -0.3 is 5.73 Å². The van der Waals surface area contributed by atoms with Gasteiger partial charge in [0.2, 0.25) is 0 Å². The number of benzene rings is 1. The quantitative estimate of drug-likeness (QED) is 0.806. The number of hydrogen-bond donors (Lipinski definition) is 1. The summed E-state index contributed by atoms with van der Waals surface area (Å²) in [5, 5.41) is 0. The van der Waals surface area contributed by atoms with Crippen molar-refractivity contribution in [2.45, 2.75) is 31.3 Å². The molecule has 1 aromatic rings. The lowest BCUT2D eigenvalue weighted by Gasteiger charge is -2.38. The van der Waals surface area contributed by atoms with Crippen molar-refractivity contribution in [3.05, 3.63) is 48.6 Å². The van der Waals surface area contributed by atoms with Crippen LogP contribution in [0, 0.1) is 0 Å². The first-order chi connectivity index (χ1) is 8.33. The van der Waals surface area contributed by atoms with Crippen molar-refractivity contribution in [3.8, 4) is 0 Å². The average molecular weight is 230 g/mol. The fraction of sp³-hybridized carbons (Fsp3) is 0.467. The summed E-state index contributed by atoms with van der Waals surface area (Å²) in [5.41, 5.74) is 7.66. The predicted molar refractivity (Wildman–Crippen MR) is 72.8 cm³/mol. The van der Waals surface area contributed by atoms with Gasteiger partial charge in [-0.05, 0) is 24.9 Å². The van der Waals surface area contributed by atoms with Crippen LogP contribution >= 0.6 is 0 Å². The van der Waals surface area contributed by atoms with Gasteiger partial charge in [-0.15, -0.1) is 6.58 Å². The van der Waals surface area contributed by atoms with E-state index in [9.17, 15) is 0 Å². The second-order valence-corrected chi connectivity index (χ2v) is 4.78. The molecule has 2 N–H and O–H groups in total. The van der Waals surface area contributed by atoms with Gasteiger partial charge in [0.05, 0.1) is 0 Å². The van der Waals surface area contributed by atoms with E-state index >= 15 is 0 Å². The first kappa shape index (κ1) is 12.3. The molecule has 2 rings (SSSR count). The van der Waals surface area contributed by atoms with E-state index in [0.29, 0.717) is 6.04 Å². The zero-order valence-corrected chi connectivity index (χ0v) is 10.4. The average Bonchev–Trinajstić information content (AvgIpc) is 2.40. The minimum absolute atomic E-state index is 0.122. The third-order valence-electron chi connectivity index (χ3n) is 3.63. The highest BCUT2D eigenvalue weighted by molar-refractivity contribution is 5.20. The maximum atomic E-state index is 6.41. The minimum atomic E-state index is 0.122. The third-order valence-corrected chi connectivity index (χ3v) is 3.63. The number of rotatable bonds is 4. The molecule has 0 amide bonds. The van der Waals surface area contributed by atoms with Crippen molar-refractivity contribution in [3.63, 3.8) is 0 Å². The maximum absolute atomic E-state index is 6.41. The molecule has 1 aliphatic heterocycles. The lowest BCUT2D eigenvalue weighted by Crippen LogP contribution is -2.45. The van der Waals surface area contributed by atoms with Gasteiger partial charge in [0.25, 0.3) is 0 Å². The molecule has 0 spiro atoms. The highest BCUT2D eigenvalue weighted by Gasteiger charge is 2.27. The van der Waals surface area contributed by atoms with Crippen LogP contribution in [0.1, 0.15) is 30.9 Å². The summed E-state index contributed by atoms with van der Waals surface area (Å²) in [4.78, 5) is 2.47. The molecule has 0 aromatic heterocycles. The van der Waals surface area contributed by atoms with Crippen molar-refractivity contribution in [1.82, 2.24) is 4.90 Å². The monoisotopic (exact) mass is 230 g/mol. The summed E-state index contributed by atoms with van der Waals surface area (Å²) < 4.78 is 0. The number of hydrogen-bond acceptors (Lipinski definition) is 2. The maximum Gasteiger partial charge on any atom is 0.0453 e. The van der Waals surface area contributed by atoms with Gasteiger partial charge in [-0.25, -0.2) is 0 Å². The minimum Gasteiger partial charge on any atom is -0.323 e. The second-order valence-electron chi connectivity index (χ2n) is 4.78. The molecule has 0 aliphatic carbocycles. The van der Waals surface area contributed by atoms with Crippen LogP contribution in [0.15, 0.2) is 43.0 Å². The van der Waals surface area contributed by atoms with Crippen LogP contribution in [0.3, 0.4) is 0 Å². The molecule has 0 bridgehead atoms. The largest absolute Gasteiger partial charge is 0.323 e. The summed E-state index contributed by atoms with van der Waals surface area (Å²) >= 11 is 0. The van der Waals surface area contributed by atoms with Crippen LogP contribution in [-0.4, -0.2) is 24.0 Å². The Morgan fingerprint density at radius 2 is 2.12 bits per heavy atom. The molecule has 2 nitrogen and oxygen atoms in total. The van der Waals surface area contributed by atoms with Gasteiger partial charge in [-0.1, -0.05) is 42.8 Å². The van der Waals surface area contributed by atoms with Crippen LogP contribution in [0.4, 0.5) is 0 Å². The number of nitrogens with two attached hydrogens (primary N) is 1. The molecule has 2 heteroatoms. The SMILES string of the molecule is C=CCN1CCCC[C@H]1[C@@H](N)c1ccccc1. The lowest BCUT2D eigenvalue weighted by atomic mass is 9.91. The van der Waals surface area contributed by atoms with E-state index < -0.39 is 0 Å². The molecule has 0 saturated carbocycles. The Kier molecular flexibility index (Phi) is 4.35. The van der Waals surface area contributed by atoms with E-state index in [4.69, 9.17) is 5.73 Å². The van der Waals surface area contributed by atoms with E-state index in [1.165, 1.54) is 24.8 Å². The first-order valence-electron chi connectivity index (χ1n) is 6.48. The normalized spacial score (nSPS) is 23.2. The van der Waals surface area contributed by atoms with Gasteiger partial charge in [0.15, 0.2) is 0 Å². The summed E-state index contributed by atoms with van der Waals surface area (Å²) in [6.45, 7) is 5.94. The molecule has 0 unspecified atom stereocenters. The van der Waals surface area contributed by atoms with Crippen LogP contribution < -0.4 is 5.73 Å². The van der Waals surface area contributed by atoms with Gasteiger partial charge in [0.1, 0.15) is 0 Å². The number of likely N-dealkylation sites (tertiary alicyclic amines) is 1. The Morgan fingerprint density at radius 3 is 2.82 bits per heavy atom. The molecule has 1 heterocycles. The topological polar surface area (TPSA) is 29.3 Å². The summed E-state index contributed by atoms with van der Waals surface area (Å²) in [7, 11) is 0. The molecule has 1 saturated heterocycles. The fourth-order valence-electron chi connectivity index (χ4n) is 2.71. The summed E-state index contributed by atoms with van der Waals surface area (Å²) in [6.07, 6.45) is 5.75. The van der Waals surface area contributed by atoms with Crippen LogP contribution in [0.25, 0.3) is 0 Å². The second kappa shape index (κ2) is 5.99. The molecule has 92 valence electrons. The van der Waals surface area contributed by atoms with Crippen LogP contribution in [0.2, 0.25) is 0 Å². The molecular weight excluding hydrogens is 208 g/mol. The third kappa shape index (κ3) is 2.96. The highest BCUT2D eigenvalue weighted by Crippen LogP contribution is 2.26. The molecular formula is C15H22N2. The first-order valence-corrected chi connectivity index (χ1v) is 6.48. The van der Waals surface area contributed by atoms with Crippen molar-refractivity contribution < 1.29 is 0 Å². The zero-order chi connectivity index (χ0) is 12.1. The Balaban J connectivity index is 2.10. The van der Waals surface area contributed by atoms with Crippen LogP contribution in [-0.2, 0) is 0 Å². The Bertz CT molecular complexity index is 347. The fourth-order valence-corrected chi connectivity index (χ4v) is 2.71. The van der Waals surface area contributed by atoms with E-state index in [0.717, 1.165) is 13.1 Å².